The van der Waals surface area contributed by atoms with E-state index >= 15 is 0 Å². The molecule has 17 heavy (non-hydrogen) atoms. The van der Waals surface area contributed by atoms with Gasteiger partial charge in [0, 0.05) is 17.0 Å². The molecule has 0 saturated heterocycles. The number of nitrogens with zero attached hydrogens (tertiary/aromatic N) is 1. The summed E-state index contributed by atoms with van der Waals surface area (Å²) in [5.41, 5.74) is -0.117. The first-order valence-corrected chi connectivity index (χ1v) is 6.06. The lowest BCUT2D eigenvalue weighted by Crippen LogP contribution is -2.24. The number of carboxylic acid groups (broad SMARTS) is 1. The third kappa shape index (κ3) is 3.10. The zero-order chi connectivity index (χ0) is 13.0. The van der Waals surface area contributed by atoms with Crippen molar-refractivity contribution in [3.63, 3.8) is 0 Å². The SMILES string of the molecule is CCC(C(=O)O)S(=O)c1ccc([N+](=O)[O-])cc1. The fraction of sp³-hybridized carbons (Fsp3) is 0.300. The minimum atomic E-state index is -1.69. The summed E-state index contributed by atoms with van der Waals surface area (Å²) in [6.45, 7) is 1.63. The van der Waals surface area contributed by atoms with Gasteiger partial charge in [-0.25, -0.2) is 0 Å². The molecule has 7 heteroatoms. The second-order valence-corrected chi connectivity index (χ2v) is 4.92. The second-order valence-electron chi connectivity index (χ2n) is 3.28. The molecule has 0 aliphatic carbocycles. The molecule has 1 aromatic rings. The van der Waals surface area contributed by atoms with E-state index in [0.29, 0.717) is 0 Å². The van der Waals surface area contributed by atoms with Crippen LogP contribution in [0, 0.1) is 10.1 Å². The van der Waals surface area contributed by atoms with Gasteiger partial charge < -0.3 is 5.11 Å². The third-order valence-corrected chi connectivity index (χ3v) is 3.97. The van der Waals surface area contributed by atoms with Crippen LogP contribution in [0.1, 0.15) is 13.3 Å². The molecule has 0 radical (unpaired) electrons. The van der Waals surface area contributed by atoms with Crippen LogP contribution in [0.2, 0.25) is 0 Å². The predicted molar refractivity (Wildman–Crippen MR) is 61.2 cm³/mol. The van der Waals surface area contributed by atoms with Crippen molar-refractivity contribution < 1.29 is 19.0 Å². The molecule has 2 atom stereocenters. The van der Waals surface area contributed by atoms with E-state index in [1.54, 1.807) is 6.92 Å². The highest BCUT2D eigenvalue weighted by molar-refractivity contribution is 7.86. The Balaban J connectivity index is 2.97. The van der Waals surface area contributed by atoms with Gasteiger partial charge in [0.15, 0.2) is 0 Å². The van der Waals surface area contributed by atoms with Gasteiger partial charge in [-0.15, -0.1) is 0 Å². The summed E-state index contributed by atoms with van der Waals surface area (Å²) in [5.74, 6) is -1.14. The fourth-order valence-electron chi connectivity index (χ4n) is 1.28. The van der Waals surface area contributed by atoms with Gasteiger partial charge in [0.05, 0.1) is 15.7 Å². The van der Waals surface area contributed by atoms with Crippen LogP contribution >= 0.6 is 0 Å². The topological polar surface area (TPSA) is 97.5 Å². The minimum Gasteiger partial charge on any atom is -0.480 e. The standard InChI is InChI=1S/C10H11NO5S/c1-2-9(10(12)13)17(16)8-5-3-7(4-6-8)11(14)15/h3-6,9H,2H2,1H3,(H,12,13). The molecular weight excluding hydrogens is 246 g/mol. The van der Waals surface area contributed by atoms with Crippen LogP contribution in [0.5, 0.6) is 0 Å². The molecule has 0 spiro atoms. The summed E-state index contributed by atoms with van der Waals surface area (Å²) in [6.07, 6.45) is 0.235. The summed E-state index contributed by atoms with van der Waals surface area (Å²) >= 11 is 0. The van der Waals surface area contributed by atoms with Gasteiger partial charge in [-0.05, 0) is 18.6 Å². The number of aliphatic carboxylic acids is 1. The molecular formula is C10H11NO5S. The van der Waals surface area contributed by atoms with E-state index < -0.39 is 26.9 Å². The Morgan fingerprint density at radius 3 is 2.35 bits per heavy atom. The summed E-state index contributed by atoms with van der Waals surface area (Å²) in [7, 11) is -1.69. The number of benzene rings is 1. The number of rotatable bonds is 5. The van der Waals surface area contributed by atoms with E-state index in [2.05, 4.69) is 0 Å². The number of hydrogen-bond donors (Lipinski definition) is 1. The van der Waals surface area contributed by atoms with Gasteiger partial charge in [0.1, 0.15) is 5.25 Å². The maximum Gasteiger partial charge on any atom is 0.319 e. The van der Waals surface area contributed by atoms with Crippen molar-refractivity contribution in [3.05, 3.63) is 34.4 Å². The van der Waals surface area contributed by atoms with E-state index in [1.807, 2.05) is 0 Å². The molecule has 0 aromatic heterocycles. The lowest BCUT2D eigenvalue weighted by molar-refractivity contribution is -0.384. The number of nitro groups is 1. The summed E-state index contributed by atoms with van der Waals surface area (Å²) in [5, 5.41) is 18.3. The van der Waals surface area contributed by atoms with Gasteiger partial charge in [-0.1, -0.05) is 6.92 Å². The molecule has 1 N–H and O–H groups in total. The molecule has 0 fully saturated rings. The lowest BCUT2D eigenvalue weighted by Gasteiger charge is -2.09. The summed E-state index contributed by atoms with van der Waals surface area (Å²) < 4.78 is 11.9. The highest BCUT2D eigenvalue weighted by atomic mass is 32.2. The zero-order valence-electron chi connectivity index (χ0n) is 9.03. The molecule has 2 unspecified atom stereocenters. The molecule has 0 heterocycles. The maximum absolute atomic E-state index is 11.9. The van der Waals surface area contributed by atoms with E-state index in [-0.39, 0.29) is 17.0 Å². The van der Waals surface area contributed by atoms with Crippen LogP contribution in [0.3, 0.4) is 0 Å². The van der Waals surface area contributed by atoms with Crippen molar-refractivity contribution in [2.75, 3.05) is 0 Å². The first kappa shape index (κ1) is 13.3. The second kappa shape index (κ2) is 5.53. The average molecular weight is 257 g/mol. The molecule has 92 valence electrons. The van der Waals surface area contributed by atoms with Crippen molar-refractivity contribution >= 4 is 22.5 Å². The highest BCUT2D eigenvalue weighted by Gasteiger charge is 2.24. The Morgan fingerprint density at radius 2 is 2.00 bits per heavy atom. The average Bonchev–Trinajstić information content (AvgIpc) is 2.29. The molecule has 0 amide bonds. The van der Waals surface area contributed by atoms with Gasteiger partial charge >= 0.3 is 5.97 Å². The zero-order valence-corrected chi connectivity index (χ0v) is 9.85. The number of nitro benzene ring substituents is 1. The van der Waals surface area contributed by atoms with Gasteiger partial charge in [-0.3, -0.25) is 19.1 Å². The van der Waals surface area contributed by atoms with Crippen molar-refractivity contribution in [1.82, 2.24) is 0 Å². The Kier molecular flexibility index (Phi) is 4.33. The van der Waals surface area contributed by atoms with Crippen LogP contribution in [-0.4, -0.2) is 25.5 Å². The van der Waals surface area contributed by atoms with Crippen molar-refractivity contribution in [3.8, 4) is 0 Å². The van der Waals surface area contributed by atoms with Gasteiger partial charge in [0.25, 0.3) is 5.69 Å². The number of hydrogen-bond acceptors (Lipinski definition) is 4. The van der Waals surface area contributed by atoms with Crippen LogP contribution in [0.15, 0.2) is 29.2 Å². The van der Waals surface area contributed by atoms with Crippen molar-refractivity contribution in [2.45, 2.75) is 23.5 Å². The quantitative estimate of drug-likeness (QED) is 0.637. The van der Waals surface area contributed by atoms with Crippen molar-refractivity contribution in [1.29, 1.82) is 0 Å². The van der Waals surface area contributed by atoms with E-state index in [1.165, 1.54) is 24.3 Å². The van der Waals surface area contributed by atoms with Crippen LogP contribution in [0.25, 0.3) is 0 Å². The summed E-state index contributed by atoms with van der Waals surface area (Å²) in [4.78, 5) is 20.9. The van der Waals surface area contributed by atoms with E-state index in [0.717, 1.165) is 0 Å². The minimum absolute atomic E-state index is 0.117. The third-order valence-electron chi connectivity index (χ3n) is 2.18. The summed E-state index contributed by atoms with van der Waals surface area (Å²) in [6, 6.07) is 5.06. The molecule has 0 bridgehead atoms. The number of carboxylic acids is 1. The van der Waals surface area contributed by atoms with E-state index in [4.69, 9.17) is 5.11 Å². The Morgan fingerprint density at radius 1 is 1.47 bits per heavy atom. The number of carbonyl (C=O) groups is 1. The van der Waals surface area contributed by atoms with Crippen LogP contribution in [-0.2, 0) is 15.6 Å². The Hall–Kier alpha value is -1.76. The van der Waals surface area contributed by atoms with Gasteiger partial charge in [0.2, 0.25) is 0 Å². The normalized spacial score (nSPS) is 13.9. The van der Waals surface area contributed by atoms with Crippen LogP contribution < -0.4 is 0 Å². The number of non-ortho nitro benzene ring substituents is 1. The van der Waals surface area contributed by atoms with Crippen molar-refractivity contribution in [2.24, 2.45) is 0 Å². The van der Waals surface area contributed by atoms with Gasteiger partial charge in [-0.2, -0.15) is 0 Å². The Bertz CT molecular complexity index is 456. The van der Waals surface area contributed by atoms with Crippen LogP contribution in [0.4, 0.5) is 5.69 Å². The lowest BCUT2D eigenvalue weighted by atomic mass is 10.3. The predicted octanol–water partition coefficient (Wildman–Crippen LogP) is 1.57. The molecule has 1 rings (SSSR count). The largest absolute Gasteiger partial charge is 0.480 e. The molecule has 0 aliphatic heterocycles. The molecule has 6 nitrogen and oxygen atoms in total. The molecule has 1 aromatic carbocycles. The maximum atomic E-state index is 11.9. The molecule has 0 saturated carbocycles. The monoisotopic (exact) mass is 257 g/mol. The Labute approximate surface area is 99.9 Å². The smallest absolute Gasteiger partial charge is 0.319 e. The first-order valence-electron chi connectivity index (χ1n) is 4.85. The fourth-order valence-corrected chi connectivity index (χ4v) is 2.50. The van der Waals surface area contributed by atoms with E-state index in [9.17, 15) is 19.1 Å². The molecule has 0 aliphatic rings. The first-order chi connectivity index (χ1) is 7.97. The highest BCUT2D eigenvalue weighted by Crippen LogP contribution is 2.18.